The van der Waals surface area contributed by atoms with Gasteiger partial charge in [-0.25, -0.2) is 12.8 Å². The fourth-order valence-corrected chi connectivity index (χ4v) is 6.11. The Morgan fingerprint density at radius 3 is 2.19 bits per heavy atom. The van der Waals surface area contributed by atoms with Crippen molar-refractivity contribution in [2.45, 2.75) is 44.2 Å². The van der Waals surface area contributed by atoms with Gasteiger partial charge in [-0.15, -0.1) is 0 Å². The minimum absolute atomic E-state index is 0.0440. The van der Waals surface area contributed by atoms with Crippen molar-refractivity contribution >= 4 is 50.7 Å². The van der Waals surface area contributed by atoms with Gasteiger partial charge < -0.3 is 19.7 Å². The van der Waals surface area contributed by atoms with Gasteiger partial charge in [-0.1, -0.05) is 43.1 Å². The maximum absolute atomic E-state index is 14.1. The van der Waals surface area contributed by atoms with E-state index in [4.69, 9.17) is 32.7 Å². The molecule has 9 nitrogen and oxygen atoms in total. The molecule has 0 fully saturated rings. The Morgan fingerprint density at radius 1 is 0.930 bits per heavy atom. The molecule has 0 spiro atoms. The molecule has 0 radical (unpaired) electrons. The summed E-state index contributed by atoms with van der Waals surface area (Å²) in [7, 11) is -1.64. The molecule has 0 aliphatic heterocycles. The first-order valence-electron chi connectivity index (χ1n) is 13.5. The summed E-state index contributed by atoms with van der Waals surface area (Å²) in [5.74, 6) is -1.17. The van der Waals surface area contributed by atoms with Crippen molar-refractivity contribution in [3.8, 4) is 11.5 Å². The van der Waals surface area contributed by atoms with Gasteiger partial charge in [-0.05, 0) is 66.9 Å². The second kappa shape index (κ2) is 15.3. The van der Waals surface area contributed by atoms with Gasteiger partial charge >= 0.3 is 0 Å². The smallest absolute Gasteiger partial charge is 0.264 e. The molecule has 0 aliphatic carbocycles. The average molecular weight is 655 g/mol. The molecule has 1 atom stereocenters. The Labute approximate surface area is 261 Å². The van der Waals surface area contributed by atoms with Crippen LogP contribution in [0.2, 0.25) is 10.0 Å². The first-order chi connectivity index (χ1) is 20.5. The third kappa shape index (κ3) is 8.31. The number of carbonyl (C=O) groups excluding carboxylic acids is 2. The van der Waals surface area contributed by atoms with Crippen molar-refractivity contribution in [3.05, 3.63) is 82.1 Å². The number of sulfonamides is 1. The molecule has 1 N–H and O–H groups in total. The van der Waals surface area contributed by atoms with Crippen LogP contribution in [0.25, 0.3) is 0 Å². The molecular formula is C30H34Cl2FN3O6S. The molecule has 2 amide bonds. The third-order valence-electron chi connectivity index (χ3n) is 6.61. The van der Waals surface area contributed by atoms with Crippen molar-refractivity contribution in [2.75, 3.05) is 31.6 Å². The van der Waals surface area contributed by atoms with Crippen LogP contribution in [0, 0.1) is 5.82 Å². The quantitative estimate of drug-likeness (QED) is 0.240. The number of hydrogen-bond donors (Lipinski definition) is 1. The molecule has 0 bridgehead atoms. The first-order valence-corrected chi connectivity index (χ1v) is 15.7. The monoisotopic (exact) mass is 653 g/mol. The van der Waals surface area contributed by atoms with E-state index in [-0.39, 0.29) is 40.2 Å². The Balaban J connectivity index is 2.10. The van der Waals surface area contributed by atoms with Gasteiger partial charge in [0.05, 0.1) is 34.8 Å². The fourth-order valence-electron chi connectivity index (χ4n) is 4.36. The molecule has 0 aliphatic rings. The van der Waals surface area contributed by atoms with E-state index in [1.54, 1.807) is 25.1 Å². The zero-order chi connectivity index (χ0) is 31.7. The largest absolute Gasteiger partial charge is 0.493 e. The van der Waals surface area contributed by atoms with Crippen LogP contribution in [0.3, 0.4) is 0 Å². The van der Waals surface area contributed by atoms with Crippen molar-refractivity contribution in [1.29, 1.82) is 0 Å². The second-order valence-corrected chi connectivity index (χ2v) is 12.2. The number of amides is 2. The van der Waals surface area contributed by atoms with Crippen LogP contribution in [0.5, 0.6) is 11.5 Å². The Morgan fingerprint density at radius 2 is 1.60 bits per heavy atom. The molecule has 43 heavy (non-hydrogen) atoms. The SMILES string of the molecule is CCCNC(=O)[C@H](CC)N(Cc1ccc(Cl)c(Cl)c1)C(=O)CN(c1ccc(F)cc1)S(=O)(=O)c1ccc(OC)c(OC)c1. The van der Waals surface area contributed by atoms with Crippen LogP contribution in [0.15, 0.2) is 65.6 Å². The van der Waals surface area contributed by atoms with Gasteiger partial charge in [0, 0.05) is 19.2 Å². The highest BCUT2D eigenvalue weighted by molar-refractivity contribution is 7.92. The van der Waals surface area contributed by atoms with Gasteiger partial charge in [0.15, 0.2) is 11.5 Å². The number of nitrogens with one attached hydrogen (secondary N) is 1. The van der Waals surface area contributed by atoms with Crippen LogP contribution in [0.4, 0.5) is 10.1 Å². The maximum atomic E-state index is 14.1. The number of anilines is 1. The molecular weight excluding hydrogens is 620 g/mol. The van der Waals surface area contributed by atoms with E-state index in [1.807, 2.05) is 6.92 Å². The number of hydrogen-bond acceptors (Lipinski definition) is 6. The molecule has 3 rings (SSSR count). The lowest BCUT2D eigenvalue weighted by Gasteiger charge is -2.33. The minimum atomic E-state index is -4.42. The summed E-state index contributed by atoms with van der Waals surface area (Å²) in [4.78, 5) is 28.4. The van der Waals surface area contributed by atoms with Gasteiger partial charge in [0.1, 0.15) is 18.4 Å². The highest BCUT2D eigenvalue weighted by Crippen LogP contribution is 2.32. The van der Waals surface area contributed by atoms with Gasteiger partial charge in [0.2, 0.25) is 11.8 Å². The van der Waals surface area contributed by atoms with E-state index in [9.17, 15) is 22.4 Å². The van der Waals surface area contributed by atoms with Gasteiger partial charge in [-0.2, -0.15) is 0 Å². The highest BCUT2D eigenvalue weighted by atomic mass is 35.5. The van der Waals surface area contributed by atoms with E-state index < -0.39 is 34.3 Å². The number of nitrogens with zero attached hydrogens (tertiary/aromatic N) is 2. The van der Waals surface area contributed by atoms with E-state index in [1.165, 1.54) is 49.5 Å². The molecule has 3 aromatic rings. The molecule has 13 heteroatoms. The summed E-state index contributed by atoms with van der Waals surface area (Å²) >= 11 is 12.3. The predicted octanol–water partition coefficient (Wildman–Crippen LogP) is 5.68. The highest BCUT2D eigenvalue weighted by Gasteiger charge is 2.34. The zero-order valence-corrected chi connectivity index (χ0v) is 26.6. The molecule has 0 saturated heterocycles. The van der Waals surface area contributed by atoms with Crippen LogP contribution in [-0.2, 0) is 26.2 Å². The molecule has 232 valence electrons. The molecule has 0 saturated carbocycles. The topological polar surface area (TPSA) is 105 Å². The summed E-state index contributed by atoms with van der Waals surface area (Å²) < 4.78 is 53.3. The maximum Gasteiger partial charge on any atom is 0.264 e. The lowest BCUT2D eigenvalue weighted by Crippen LogP contribution is -2.52. The number of ether oxygens (including phenoxy) is 2. The third-order valence-corrected chi connectivity index (χ3v) is 9.12. The van der Waals surface area contributed by atoms with Crippen molar-refractivity contribution in [3.63, 3.8) is 0 Å². The van der Waals surface area contributed by atoms with E-state index in [0.29, 0.717) is 29.3 Å². The van der Waals surface area contributed by atoms with Crippen LogP contribution in [-0.4, -0.2) is 58.5 Å². The summed E-state index contributed by atoms with van der Waals surface area (Å²) in [6.45, 7) is 3.31. The van der Waals surface area contributed by atoms with E-state index in [2.05, 4.69) is 5.32 Å². The van der Waals surface area contributed by atoms with Crippen LogP contribution in [0.1, 0.15) is 32.3 Å². The van der Waals surface area contributed by atoms with E-state index in [0.717, 1.165) is 16.4 Å². The Hall–Kier alpha value is -3.54. The van der Waals surface area contributed by atoms with Crippen LogP contribution < -0.4 is 19.1 Å². The number of benzene rings is 3. The van der Waals surface area contributed by atoms with Gasteiger partial charge in [0.25, 0.3) is 10.0 Å². The lowest BCUT2D eigenvalue weighted by atomic mass is 10.1. The first kappa shape index (κ1) is 34.0. The second-order valence-electron chi connectivity index (χ2n) is 9.49. The van der Waals surface area contributed by atoms with Crippen LogP contribution >= 0.6 is 23.2 Å². The molecule has 0 aromatic heterocycles. The summed E-state index contributed by atoms with van der Waals surface area (Å²) in [5.41, 5.74) is 0.628. The average Bonchev–Trinajstić information content (AvgIpc) is 3.00. The standard InChI is InChI=1S/C30H34Cl2FN3O6S/c1-5-15-34-30(38)26(6-2)35(18-20-7-13-24(31)25(32)16-20)29(37)19-36(22-10-8-21(33)9-11-22)43(39,40)23-12-14-27(41-3)28(17-23)42-4/h7-14,16-17,26H,5-6,15,18-19H2,1-4H3,(H,34,38)/t26-/m0/s1. The normalized spacial score (nSPS) is 11.9. The number of carbonyl (C=O) groups is 2. The fraction of sp³-hybridized carbons (Fsp3) is 0.333. The van der Waals surface area contributed by atoms with Crippen molar-refractivity contribution < 1.29 is 31.9 Å². The number of halogens is 3. The lowest BCUT2D eigenvalue weighted by molar-refractivity contribution is -0.140. The Bertz CT molecular complexity index is 1540. The predicted molar refractivity (Wildman–Crippen MR) is 165 cm³/mol. The zero-order valence-electron chi connectivity index (χ0n) is 24.3. The number of methoxy groups -OCH3 is 2. The summed E-state index contributed by atoms with van der Waals surface area (Å²) in [5, 5.41) is 3.40. The molecule has 0 heterocycles. The summed E-state index contributed by atoms with van der Waals surface area (Å²) in [6.07, 6.45) is 0.937. The Kier molecular flexibility index (Phi) is 12.1. The van der Waals surface area contributed by atoms with E-state index >= 15 is 0 Å². The molecule has 0 unspecified atom stereocenters. The number of rotatable bonds is 14. The summed E-state index contributed by atoms with van der Waals surface area (Å²) in [6, 6.07) is 12.6. The van der Waals surface area contributed by atoms with Gasteiger partial charge in [-0.3, -0.25) is 13.9 Å². The molecule has 3 aromatic carbocycles. The van der Waals surface area contributed by atoms with Crippen molar-refractivity contribution in [2.24, 2.45) is 0 Å². The van der Waals surface area contributed by atoms with Crippen molar-refractivity contribution in [1.82, 2.24) is 10.2 Å². The minimum Gasteiger partial charge on any atom is -0.493 e.